The molecule has 0 saturated carbocycles. The molecule has 1 heterocycles. The van der Waals surface area contributed by atoms with Crippen LogP contribution in [0, 0.1) is 0 Å². The number of nitrogens with one attached hydrogen (secondary N) is 1. The number of nitrogen functional groups attached to an aromatic ring is 1. The molecule has 11 heteroatoms. The van der Waals surface area contributed by atoms with E-state index in [0.717, 1.165) is 10.0 Å². The molecule has 148 valence electrons. The van der Waals surface area contributed by atoms with Gasteiger partial charge in [-0.2, -0.15) is 0 Å². The number of hydrogen-bond acceptors (Lipinski definition) is 7. The van der Waals surface area contributed by atoms with Gasteiger partial charge in [0.15, 0.2) is 11.5 Å². The Morgan fingerprint density at radius 3 is 2.54 bits per heavy atom. The van der Waals surface area contributed by atoms with Crippen molar-refractivity contribution in [2.75, 3.05) is 17.8 Å². The van der Waals surface area contributed by atoms with Gasteiger partial charge in [-0.05, 0) is 47.2 Å². The van der Waals surface area contributed by atoms with E-state index in [9.17, 15) is 0 Å². The van der Waals surface area contributed by atoms with Gasteiger partial charge in [-0.25, -0.2) is 0 Å². The molecular formula is C17H17BrCl2N6O2. The summed E-state index contributed by atoms with van der Waals surface area (Å²) < 4.78 is 12.5. The van der Waals surface area contributed by atoms with Crippen molar-refractivity contribution in [3.63, 3.8) is 0 Å². The van der Waals surface area contributed by atoms with Crippen molar-refractivity contribution < 1.29 is 9.47 Å². The average molecular weight is 488 g/mol. The summed E-state index contributed by atoms with van der Waals surface area (Å²) in [6.07, 6.45) is 0. The summed E-state index contributed by atoms with van der Waals surface area (Å²) in [7, 11) is 0. The first-order valence-corrected chi connectivity index (χ1v) is 9.83. The van der Waals surface area contributed by atoms with E-state index < -0.39 is 0 Å². The monoisotopic (exact) mass is 486 g/mol. The van der Waals surface area contributed by atoms with Gasteiger partial charge in [-0.3, -0.25) is 0 Å². The Bertz CT molecular complexity index is 949. The minimum Gasteiger partial charge on any atom is -0.490 e. The summed E-state index contributed by atoms with van der Waals surface area (Å²) in [6, 6.07) is 9.02. The fraction of sp³-hybridized carbons (Fsp3) is 0.235. The van der Waals surface area contributed by atoms with E-state index in [2.05, 4.69) is 36.9 Å². The molecule has 28 heavy (non-hydrogen) atoms. The van der Waals surface area contributed by atoms with E-state index >= 15 is 0 Å². The zero-order valence-corrected chi connectivity index (χ0v) is 17.9. The van der Waals surface area contributed by atoms with Crippen LogP contribution in [0.2, 0.25) is 10.0 Å². The maximum absolute atomic E-state index is 6.21. The number of halogens is 3. The van der Waals surface area contributed by atoms with Crippen molar-refractivity contribution in [3.8, 4) is 11.5 Å². The van der Waals surface area contributed by atoms with Crippen molar-refractivity contribution in [1.82, 2.24) is 20.3 Å². The lowest BCUT2D eigenvalue weighted by atomic mass is 10.2. The molecule has 0 aliphatic rings. The second-order valence-corrected chi connectivity index (χ2v) is 7.26. The van der Waals surface area contributed by atoms with Gasteiger partial charge in [0.2, 0.25) is 0 Å². The van der Waals surface area contributed by atoms with E-state index in [1.165, 1.54) is 4.79 Å². The van der Waals surface area contributed by atoms with E-state index in [-0.39, 0.29) is 12.6 Å². The van der Waals surface area contributed by atoms with Crippen molar-refractivity contribution >= 4 is 45.1 Å². The molecule has 0 amide bonds. The van der Waals surface area contributed by atoms with Crippen LogP contribution in [0.1, 0.15) is 18.1 Å². The third-order valence-corrected chi connectivity index (χ3v) is 5.21. The van der Waals surface area contributed by atoms with E-state index in [0.29, 0.717) is 40.3 Å². The summed E-state index contributed by atoms with van der Waals surface area (Å²) in [5.41, 5.74) is 10.3. The molecule has 0 fully saturated rings. The van der Waals surface area contributed by atoms with Gasteiger partial charge >= 0.3 is 0 Å². The Morgan fingerprint density at radius 2 is 1.89 bits per heavy atom. The average Bonchev–Trinajstić information content (AvgIpc) is 3.07. The molecule has 0 bridgehead atoms. The number of nitrogens with zero attached hydrogens (tertiary/aromatic N) is 4. The number of rotatable bonds is 8. The maximum atomic E-state index is 6.21. The molecule has 0 atom stereocenters. The highest BCUT2D eigenvalue weighted by Gasteiger charge is 2.14. The van der Waals surface area contributed by atoms with Crippen LogP contribution in [0.25, 0.3) is 0 Å². The fourth-order valence-electron chi connectivity index (χ4n) is 2.38. The summed E-state index contributed by atoms with van der Waals surface area (Å²) in [5.74, 6) is 1.32. The van der Waals surface area contributed by atoms with Crippen LogP contribution in [-0.2, 0) is 13.2 Å². The summed E-state index contributed by atoms with van der Waals surface area (Å²) >= 11 is 16.0. The van der Waals surface area contributed by atoms with Gasteiger partial charge in [0.1, 0.15) is 6.61 Å². The molecule has 0 aliphatic carbocycles. The smallest absolute Gasteiger partial charge is 0.260 e. The Labute approximate surface area is 180 Å². The molecule has 0 unspecified atom stereocenters. The number of benzene rings is 2. The highest BCUT2D eigenvalue weighted by Crippen LogP contribution is 2.35. The third kappa shape index (κ3) is 4.78. The number of ether oxygens (including phenoxy) is 2. The minimum atomic E-state index is 0.165. The molecular weight excluding hydrogens is 471 g/mol. The Hall–Kier alpha value is -2.23. The maximum Gasteiger partial charge on any atom is 0.260 e. The van der Waals surface area contributed by atoms with Gasteiger partial charge < -0.3 is 20.6 Å². The first-order valence-electron chi connectivity index (χ1n) is 8.28. The van der Waals surface area contributed by atoms with Gasteiger partial charge in [-0.15, -0.1) is 4.79 Å². The quantitative estimate of drug-likeness (QED) is 0.494. The van der Waals surface area contributed by atoms with Crippen LogP contribution in [0.5, 0.6) is 11.5 Å². The number of hydrogen-bond donors (Lipinski definition) is 2. The molecule has 0 spiro atoms. The number of aromatic nitrogens is 4. The Kier molecular flexibility index (Phi) is 6.82. The first-order chi connectivity index (χ1) is 13.5. The van der Waals surface area contributed by atoms with Crippen LogP contribution >= 0.6 is 39.1 Å². The lowest BCUT2D eigenvalue weighted by Gasteiger charge is -2.16. The van der Waals surface area contributed by atoms with Crippen molar-refractivity contribution in [1.29, 1.82) is 0 Å². The number of nitrogens with two attached hydrogens (primary N) is 1. The molecule has 1 aromatic heterocycles. The SMILES string of the molecule is CCOc1cc(CNn2nnnc2N)c(Br)cc1OCc1c(Cl)cccc1Cl. The molecule has 2 aromatic carbocycles. The van der Waals surface area contributed by atoms with Crippen LogP contribution in [0.4, 0.5) is 5.95 Å². The fourth-order valence-corrected chi connectivity index (χ4v) is 3.35. The zero-order valence-electron chi connectivity index (χ0n) is 14.8. The highest BCUT2D eigenvalue weighted by molar-refractivity contribution is 9.10. The largest absolute Gasteiger partial charge is 0.490 e. The number of tetrazole rings is 1. The van der Waals surface area contributed by atoms with Crippen molar-refractivity contribution in [2.45, 2.75) is 20.1 Å². The van der Waals surface area contributed by atoms with Crippen molar-refractivity contribution in [2.24, 2.45) is 0 Å². The summed E-state index contributed by atoms with van der Waals surface area (Å²) in [4.78, 5) is 1.29. The normalized spacial score (nSPS) is 10.7. The Morgan fingerprint density at radius 1 is 1.18 bits per heavy atom. The molecule has 3 rings (SSSR count). The highest BCUT2D eigenvalue weighted by atomic mass is 79.9. The summed E-state index contributed by atoms with van der Waals surface area (Å²) in [6.45, 7) is 3.00. The van der Waals surface area contributed by atoms with Crippen molar-refractivity contribution in [3.05, 3.63) is 56.0 Å². The second kappa shape index (κ2) is 9.31. The van der Waals surface area contributed by atoms with Gasteiger partial charge in [0.25, 0.3) is 5.95 Å². The van der Waals surface area contributed by atoms with E-state index in [1.54, 1.807) is 18.2 Å². The van der Waals surface area contributed by atoms with Gasteiger partial charge in [0.05, 0.1) is 13.2 Å². The molecule has 0 saturated heterocycles. The Balaban J connectivity index is 1.79. The minimum absolute atomic E-state index is 0.165. The molecule has 3 aromatic rings. The van der Waals surface area contributed by atoms with Crippen LogP contribution in [0.3, 0.4) is 0 Å². The van der Waals surface area contributed by atoms with Crippen LogP contribution in [-0.4, -0.2) is 26.9 Å². The predicted octanol–water partition coefficient (Wildman–Crippen LogP) is 4.05. The molecule has 3 N–H and O–H groups in total. The molecule has 8 nitrogen and oxygen atoms in total. The topological polar surface area (TPSA) is 100 Å². The molecule has 0 radical (unpaired) electrons. The predicted molar refractivity (Wildman–Crippen MR) is 111 cm³/mol. The first kappa shape index (κ1) is 20.5. The van der Waals surface area contributed by atoms with Crippen LogP contribution < -0.4 is 20.6 Å². The molecule has 0 aliphatic heterocycles. The lowest BCUT2D eigenvalue weighted by molar-refractivity contribution is 0.269. The lowest BCUT2D eigenvalue weighted by Crippen LogP contribution is -2.18. The van der Waals surface area contributed by atoms with Crippen LogP contribution in [0.15, 0.2) is 34.8 Å². The summed E-state index contributed by atoms with van der Waals surface area (Å²) in [5, 5.41) is 11.9. The van der Waals surface area contributed by atoms with Gasteiger partial charge in [0, 0.05) is 20.1 Å². The second-order valence-electron chi connectivity index (χ2n) is 5.60. The van der Waals surface area contributed by atoms with E-state index in [4.69, 9.17) is 38.4 Å². The van der Waals surface area contributed by atoms with Gasteiger partial charge in [-0.1, -0.05) is 50.3 Å². The standard InChI is InChI=1S/C17H17BrCl2N6O2/c1-2-27-15-6-10(8-22-26-17(21)23-24-25-26)12(18)7-16(15)28-9-11-13(19)4-3-5-14(11)20/h3-7,22H,2,8-9H2,1H3,(H2,21,23,25). The van der Waals surface area contributed by atoms with E-state index in [1.807, 2.05) is 19.1 Å². The third-order valence-electron chi connectivity index (χ3n) is 3.76. The number of anilines is 1. The zero-order chi connectivity index (χ0) is 20.1.